The molecule has 0 atom stereocenters. The number of Topliss-reactive ketones (excluding diaryl/α,β-unsaturated/α-hetero) is 1. The largest absolute Gasteiger partial charge is 0.325 e. The van der Waals surface area contributed by atoms with Gasteiger partial charge in [-0.05, 0) is 55.5 Å². The van der Waals surface area contributed by atoms with Gasteiger partial charge in [0, 0.05) is 11.3 Å². The molecule has 0 aromatic heterocycles. The molecule has 0 saturated heterocycles. The number of anilines is 1. The topological polar surface area (TPSA) is 92.3 Å². The molecular formula is C16H15FN2O4S. The van der Waals surface area contributed by atoms with Crippen molar-refractivity contribution in [2.75, 3.05) is 11.9 Å². The molecule has 2 aromatic carbocycles. The van der Waals surface area contributed by atoms with Gasteiger partial charge in [-0.3, -0.25) is 9.59 Å². The van der Waals surface area contributed by atoms with Crippen molar-refractivity contribution in [3.63, 3.8) is 0 Å². The van der Waals surface area contributed by atoms with Crippen molar-refractivity contribution in [3.05, 3.63) is 59.9 Å². The minimum absolute atomic E-state index is 0.0973. The maximum absolute atomic E-state index is 12.8. The summed E-state index contributed by atoms with van der Waals surface area (Å²) >= 11 is 0. The average Bonchev–Trinajstić information content (AvgIpc) is 2.54. The van der Waals surface area contributed by atoms with Gasteiger partial charge in [-0.25, -0.2) is 17.5 Å². The van der Waals surface area contributed by atoms with Gasteiger partial charge in [-0.15, -0.1) is 0 Å². The predicted octanol–water partition coefficient (Wildman–Crippen LogP) is 1.95. The van der Waals surface area contributed by atoms with Gasteiger partial charge in [0.1, 0.15) is 5.82 Å². The van der Waals surface area contributed by atoms with Crippen molar-refractivity contribution < 1.29 is 22.4 Å². The molecule has 0 saturated carbocycles. The number of ketones is 1. The number of halogens is 1. The van der Waals surface area contributed by atoms with Crippen LogP contribution in [0.3, 0.4) is 0 Å². The number of carbonyl (C=O) groups is 2. The van der Waals surface area contributed by atoms with Gasteiger partial charge in [0.15, 0.2) is 5.78 Å². The summed E-state index contributed by atoms with van der Waals surface area (Å²) in [5.41, 5.74) is 0.941. The Kier molecular flexibility index (Phi) is 5.42. The molecule has 0 aliphatic carbocycles. The Morgan fingerprint density at radius 1 is 1.00 bits per heavy atom. The van der Waals surface area contributed by atoms with E-state index >= 15 is 0 Å². The van der Waals surface area contributed by atoms with Crippen molar-refractivity contribution >= 4 is 27.4 Å². The maximum atomic E-state index is 12.8. The van der Waals surface area contributed by atoms with Crippen LogP contribution in [0.1, 0.15) is 17.3 Å². The first kappa shape index (κ1) is 17.8. The second-order valence-corrected chi connectivity index (χ2v) is 6.73. The van der Waals surface area contributed by atoms with Gasteiger partial charge in [-0.2, -0.15) is 0 Å². The van der Waals surface area contributed by atoms with E-state index in [1.54, 1.807) is 24.3 Å². The Bertz CT molecular complexity index is 847. The summed E-state index contributed by atoms with van der Waals surface area (Å²) in [6.07, 6.45) is 0. The Morgan fingerprint density at radius 2 is 1.58 bits per heavy atom. The minimum atomic E-state index is -3.90. The first-order chi connectivity index (χ1) is 11.3. The highest BCUT2D eigenvalue weighted by Gasteiger charge is 2.15. The van der Waals surface area contributed by atoms with Gasteiger partial charge < -0.3 is 5.32 Å². The van der Waals surface area contributed by atoms with Crippen molar-refractivity contribution in [2.24, 2.45) is 0 Å². The van der Waals surface area contributed by atoms with Crippen molar-refractivity contribution in [1.29, 1.82) is 0 Å². The van der Waals surface area contributed by atoms with E-state index in [0.29, 0.717) is 11.3 Å². The van der Waals surface area contributed by atoms with E-state index in [0.717, 1.165) is 24.3 Å². The second-order valence-electron chi connectivity index (χ2n) is 4.96. The molecule has 0 radical (unpaired) electrons. The normalized spacial score (nSPS) is 11.1. The highest BCUT2D eigenvalue weighted by atomic mass is 32.2. The van der Waals surface area contributed by atoms with E-state index in [1.165, 1.54) is 6.92 Å². The first-order valence-electron chi connectivity index (χ1n) is 6.94. The van der Waals surface area contributed by atoms with Crippen molar-refractivity contribution in [1.82, 2.24) is 4.72 Å². The third-order valence-corrected chi connectivity index (χ3v) is 4.54. The lowest BCUT2D eigenvalue weighted by atomic mass is 10.1. The average molecular weight is 350 g/mol. The van der Waals surface area contributed by atoms with Gasteiger partial charge in [0.05, 0.1) is 11.4 Å². The lowest BCUT2D eigenvalue weighted by Gasteiger charge is -2.08. The SMILES string of the molecule is CC(=O)c1ccc(NC(=O)CNS(=O)(=O)c2ccc(F)cc2)cc1. The van der Waals surface area contributed by atoms with Crippen LogP contribution in [0.5, 0.6) is 0 Å². The molecule has 6 nitrogen and oxygen atoms in total. The van der Waals surface area contributed by atoms with Gasteiger partial charge in [0.25, 0.3) is 0 Å². The van der Waals surface area contributed by atoms with E-state index in [4.69, 9.17) is 0 Å². The number of rotatable bonds is 6. The van der Waals surface area contributed by atoms with Crippen LogP contribution in [-0.2, 0) is 14.8 Å². The number of sulfonamides is 1. The van der Waals surface area contributed by atoms with Crippen LogP contribution >= 0.6 is 0 Å². The molecule has 2 rings (SSSR count). The molecule has 2 aromatic rings. The zero-order valence-corrected chi connectivity index (χ0v) is 13.6. The highest BCUT2D eigenvalue weighted by molar-refractivity contribution is 7.89. The Morgan fingerprint density at radius 3 is 2.12 bits per heavy atom. The molecule has 0 aliphatic rings. The molecule has 8 heteroatoms. The highest BCUT2D eigenvalue weighted by Crippen LogP contribution is 2.11. The summed E-state index contributed by atoms with van der Waals surface area (Å²) < 4.78 is 38.9. The minimum Gasteiger partial charge on any atom is -0.325 e. The fraction of sp³-hybridized carbons (Fsp3) is 0.125. The summed E-state index contributed by atoms with van der Waals surface area (Å²) in [6.45, 7) is 0.950. The number of hydrogen-bond acceptors (Lipinski definition) is 4. The third kappa shape index (κ3) is 4.71. The Balaban J connectivity index is 1.95. The van der Waals surface area contributed by atoms with Crippen molar-refractivity contribution in [2.45, 2.75) is 11.8 Å². The predicted molar refractivity (Wildman–Crippen MR) is 86.7 cm³/mol. The molecule has 126 valence electrons. The number of nitrogens with one attached hydrogen (secondary N) is 2. The van der Waals surface area contributed by atoms with E-state index < -0.39 is 28.3 Å². The van der Waals surface area contributed by atoms with E-state index in [2.05, 4.69) is 10.0 Å². The second kappa shape index (κ2) is 7.33. The number of hydrogen-bond donors (Lipinski definition) is 2. The standard InChI is InChI=1S/C16H15FN2O4S/c1-11(20)12-2-6-14(7-3-12)19-16(21)10-18-24(22,23)15-8-4-13(17)5-9-15/h2-9,18H,10H2,1H3,(H,19,21). The third-order valence-electron chi connectivity index (χ3n) is 3.12. The van der Waals surface area contributed by atoms with E-state index in [9.17, 15) is 22.4 Å². The molecule has 2 N–H and O–H groups in total. The van der Waals surface area contributed by atoms with Crippen LogP contribution in [0.25, 0.3) is 0 Å². The fourth-order valence-electron chi connectivity index (χ4n) is 1.85. The monoisotopic (exact) mass is 350 g/mol. The zero-order chi connectivity index (χ0) is 17.7. The molecule has 24 heavy (non-hydrogen) atoms. The summed E-state index contributed by atoms with van der Waals surface area (Å²) in [5, 5.41) is 2.50. The van der Waals surface area contributed by atoms with Crippen LogP contribution in [0.2, 0.25) is 0 Å². The molecular weight excluding hydrogens is 335 g/mol. The lowest BCUT2D eigenvalue weighted by molar-refractivity contribution is -0.115. The smallest absolute Gasteiger partial charge is 0.241 e. The van der Waals surface area contributed by atoms with E-state index in [-0.39, 0.29) is 10.7 Å². The molecule has 0 bridgehead atoms. The van der Waals surface area contributed by atoms with Crippen molar-refractivity contribution in [3.8, 4) is 0 Å². The number of benzene rings is 2. The fourth-order valence-corrected chi connectivity index (χ4v) is 2.83. The zero-order valence-electron chi connectivity index (χ0n) is 12.7. The summed E-state index contributed by atoms with van der Waals surface area (Å²) in [5.74, 6) is -1.23. The van der Waals surface area contributed by atoms with Gasteiger partial charge in [0.2, 0.25) is 15.9 Å². The van der Waals surface area contributed by atoms with Crippen LogP contribution in [0.4, 0.5) is 10.1 Å². The molecule has 0 fully saturated rings. The molecule has 0 aliphatic heterocycles. The number of carbonyl (C=O) groups excluding carboxylic acids is 2. The molecule has 0 heterocycles. The van der Waals surface area contributed by atoms with E-state index in [1.807, 2.05) is 0 Å². The van der Waals surface area contributed by atoms with Crippen LogP contribution < -0.4 is 10.0 Å². The van der Waals surface area contributed by atoms with Crippen LogP contribution in [0.15, 0.2) is 53.4 Å². The van der Waals surface area contributed by atoms with Gasteiger partial charge in [-0.1, -0.05) is 0 Å². The number of amides is 1. The van der Waals surface area contributed by atoms with Crippen LogP contribution in [-0.4, -0.2) is 26.7 Å². The molecule has 0 spiro atoms. The Hall–Kier alpha value is -2.58. The molecule has 0 unspecified atom stereocenters. The Labute approximate surface area is 138 Å². The quantitative estimate of drug-likeness (QED) is 0.779. The lowest BCUT2D eigenvalue weighted by Crippen LogP contribution is -2.32. The first-order valence-corrected chi connectivity index (χ1v) is 8.42. The summed E-state index contributed by atoms with van der Waals surface area (Å²) in [7, 11) is -3.90. The molecule has 1 amide bonds. The van der Waals surface area contributed by atoms with Gasteiger partial charge >= 0.3 is 0 Å². The maximum Gasteiger partial charge on any atom is 0.241 e. The van der Waals surface area contributed by atoms with Crippen LogP contribution in [0, 0.1) is 5.82 Å². The summed E-state index contributed by atoms with van der Waals surface area (Å²) in [6, 6.07) is 10.5. The summed E-state index contributed by atoms with van der Waals surface area (Å²) in [4.78, 5) is 22.8.